The molecule has 0 radical (unpaired) electrons. The van der Waals surface area contributed by atoms with Gasteiger partial charge < -0.3 is 0 Å². The van der Waals surface area contributed by atoms with Crippen molar-refractivity contribution in [1.29, 1.82) is 0 Å². The smallest absolute Gasteiger partial charge is 0.0443 e. The van der Waals surface area contributed by atoms with Gasteiger partial charge in [-0.3, -0.25) is 0 Å². The largest absolute Gasteiger partial charge is 0.0654 e. The molecular weight excluding hydrogens is 516 g/mol. The summed E-state index contributed by atoms with van der Waals surface area (Å²) in [6.45, 7) is 12.2. The van der Waals surface area contributed by atoms with Crippen LogP contribution in [-0.4, -0.2) is 0 Å². The lowest BCUT2D eigenvalue weighted by Crippen LogP contribution is -1.99. The van der Waals surface area contributed by atoms with Crippen molar-refractivity contribution < 1.29 is 0 Å². The lowest BCUT2D eigenvalue weighted by atomic mass is 9.92. The minimum atomic E-state index is 0.948. The van der Waals surface area contributed by atoms with Crippen LogP contribution in [0.2, 0.25) is 0 Å². The Balaban J connectivity index is 3.32. The van der Waals surface area contributed by atoms with Gasteiger partial charge in [0.1, 0.15) is 0 Å². The van der Waals surface area contributed by atoms with Gasteiger partial charge in [-0.2, -0.15) is 0 Å². The Labute approximate surface area is 276 Å². The van der Waals surface area contributed by atoms with Crippen LogP contribution in [0, 0.1) is 17.8 Å². The van der Waals surface area contributed by atoms with Gasteiger partial charge in [-0.1, -0.05) is 259 Å². The summed E-state index contributed by atoms with van der Waals surface area (Å²) < 4.78 is 0. The third-order valence-electron chi connectivity index (χ3n) is 10.6. The van der Waals surface area contributed by atoms with Crippen LogP contribution < -0.4 is 0 Å². The van der Waals surface area contributed by atoms with E-state index in [2.05, 4.69) is 34.6 Å². The molecule has 0 spiro atoms. The van der Waals surface area contributed by atoms with Crippen molar-refractivity contribution in [2.24, 2.45) is 17.8 Å². The third-order valence-corrected chi connectivity index (χ3v) is 10.6. The van der Waals surface area contributed by atoms with Crippen LogP contribution in [0.4, 0.5) is 0 Å². The molecule has 0 N–H and O–H groups in total. The lowest BCUT2D eigenvalue weighted by Gasteiger charge is -2.15. The summed E-state index contributed by atoms with van der Waals surface area (Å²) in [5, 5.41) is 0. The zero-order valence-corrected chi connectivity index (χ0v) is 31.5. The molecule has 0 heterocycles. The lowest BCUT2D eigenvalue weighted by molar-refractivity contribution is 0.387. The van der Waals surface area contributed by atoms with Gasteiger partial charge >= 0.3 is 0 Å². The van der Waals surface area contributed by atoms with Crippen molar-refractivity contribution >= 4 is 0 Å². The van der Waals surface area contributed by atoms with Crippen molar-refractivity contribution in [3.8, 4) is 0 Å². The zero-order chi connectivity index (χ0) is 31.5. The molecule has 0 bridgehead atoms. The average molecular weight is 605 g/mol. The van der Waals surface area contributed by atoms with Gasteiger partial charge in [0, 0.05) is 0 Å². The summed E-state index contributed by atoms with van der Waals surface area (Å²) in [6.07, 6.45) is 51.5. The summed E-state index contributed by atoms with van der Waals surface area (Å²) >= 11 is 0. The summed E-state index contributed by atoms with van der Waals surface area (Å²) in [6, 6.07) is 0. The first-order valence-electron chi connectivity index (χ1n) is 21.1. The highest BCUT2D eigenvalue weighted by molar-refractivity contribution is 4.60. The molecule has 3 unspecified atom stereocenters. The van der Waals surface area contributed by atoms with Crippen molar-refractivity contribution in [3.63, 3.8) is 0 Å². The van der Waals surface area contributed by atoms with Crippen LogP contribution in [0.25, 0.3) is 0 Å². The Morgan fingerprint density at radius 1 is 0.209 bits per heavy atom. The van der Waals surface area contributed by atoms with E-state index in [0.29, 0.717) is 0 Å². The molecular formula is C43H88. The van der Waals surface area contributed by atoms with Crippen molar-refractivity contribution in [3.05, 3.63) is 0 Å². The predicted molar refractivity (Wildman–Crippen MR) is 200 cm³/mol. The Bertz CT molecular complexity index is 480. The molecule has 0 nitrogen and oxygen atoms in total. The molecule has 0 aromatic heterocycles. The molecule has 0 fully saturated rings. The van der Waals surface area contributed by atoms with Gasteiger partial charge in [0.2, 0.25) is 0 Å². The number of rotatable bonds is 37. The van der Waals surface area contributed by atoms with E-state index in [1.807, 2.05) is 0 Å². The van der Waals surface area contributed by atoms with E-state index in [1.165, 1.54) is 225 Å². The fourth-order valence-electron chi connectivity index (χ4n) is 7.25. The second kappa shape index (κ2) is 36.5. The second-order valence-corrected chi connectivity index (χ2v) is 15.6. The number of hydrogen-bond acceptors (Lipinski definition) is 0. The van der Waals surface area contributed by atoms with Crippen LogP contribution in [-0.2, 0) is 0 Å². The molecule has 3 atom stereocenters. The quantitative estimate of drug-likeness (QED) is 0.0619. The monoisotopic (exact) mass is 605 g/mol. The molecule has 0 amide bonds. The average Bonchev–Trinajstić information content (AvgIpc) is 3.00. The molecule has 0 aromatic rings. The highest BCUT2D eigenvalue weighted by Crippen LogP contribution is 2.23. The van der Waals surface area contributed by atoms with E-state index in [1.54, 1.807) is 0 Å². The van der Waals surface area contributed by atoms with E-state index >= 15 is 0 Å². The first kappa shape index (κ1) is 43.0. The van der Waals surface area contributed by atoms with Crippen LogP contribution in [0.15, 0.2) is 0 Å². The Hall–Kier alpha value is 0. The highest BCUT2D eigenvalue weighted by atomic mass is 14.1. The fraction of sp³-hybridized carbons (Fsp3) is 1.00. The maximum absolute atomic E-state index is 2.52. The Kier molecular flexibility index (Phi) is 36.5. The standard InChI is InChI=1S/C43H88/c1-6-8-10-12-14-16-17-18-19-20-21-22-23-25-27-30-35-41(3)36-32-28-29-33-38-43(5)40-34-39-42(4)37-31-26-24-15-13-11-9-7-2/h41-43H,6-40H2,1-5H3. The molecule has 0 aliphatic carbocycles. The summed E-state index contributed by atoms with van der Waals surface area (Å²) in [7, 11) is 0. The van der Waals surface area contributed by atoms with E-state index in [9.17, 15) is 0 Å². The summed E-state index contributed by atoms with van der Waals surface area (Å²) in [4.78, 5) is 0. The predicted octanol–water partition coefficient (Wildman–Crippen LogP) is 16.6. The summed E-state index contributed by atoms with van der Waals surface area (Å²) in [5.74, 6) is 2.86. The van der Waals surface area contributed by atoms with Crippen molar-refractivity contribution in [2.45, 2.75) is 259 Å². The van der Waals surface area contributed by atoms with Crippen LogP contribution in [0.1, 0.15) is 259 Å². The first-order valence-corrected chi connectivity index (χ1v) is 21.1. The van der Waals surface area contributed by atoms with Gasteiger partial charge in [0.15, 0.2) is 0 Å². The molecule has 43 heavy (non-hydrogen) atoms. The van der Waals surface area contributed by atoms with Crippen LogP contribution >= 0.6 is 0 Å². The molecule has 260 valence electrons. The van der Waals surface area contributed by atoms with E-state index in [0.717, 1.165) is 17.8 Å². The molecule has 0 aliphatic heterocycles. The van der Waals surface area contributed by atoms with Crippen LogP contribution in [0.5, 0.6) is 0 Å². The number of hydrogen-bond donors (Lipinski definition) is 0. The number of unbranched alkanes of at least 4 members (excludes halogenated alkanes) is 25. The molecule has 0 heteroatoms. The van der Waals surface area contributed by atoms with E-state index < -0.39 is 0 Å². The topological polar surface area (TPSA) is 0 Å². The Morgan fingerprint density at radius 3 is 0.581 bits per heavy atom. The first-order chi connectivity index (χ1) is 21.1. The molecule has 0 rings (SSSR count). The normalized spacial score (nSPS) is 13.9. The minimum Gasteiger partial charge on any atom is -0.0654 e. The third kappa shape index (κ3) is 36.3. The van der Waals surface area contributed by atoms with Gasteiger partial charge in [-0.25, -0.2) is 0 Å². The van der Waals surface area contributed by atoms with E-state index in [4.69, 9.17) is 0 Å². The fourth-order valence-corrected chi connectivity index (χ4v) is 7.25. The highest BCUT2D eigenvalue weighted by Gasteiger charge is 2.07. The van der Waals surface area contributed by atoms with Crippen molar-refractivity contribution in [1.82, 2.24) is 0 Å². The van der Waals surface area contributed by atoms with Gasteiger partial charge in [-0.15, -0.1) is 0 Å². The maximum atomic E-state index is 2.52. The summed E-state index contributed by atoms with van der Waals surface area (Å²) in [5.41, 5.74) is 0. The van der Waals surface area contributed by atoms with Crippen molar-refractivity contribution in [2.75, 3.05) is 0 Å². The Morgan fingerprint density at radius 2 is 0.372 bits per heavy atom. The molecule has 0 saturated heterocycles. The molecule has 0 aromatic carbocycles. The molecule has 0 aliphatic rings. The maximum Gasteiger partial charge on any atom is -0.0443 e. The SMILES string of the molecule is CCCCCCCCCCCCCCCCCCC(C)CCCCCCC(C)CCCC(C)CCCCCCCCCC. The van der Waals surface area contributed by atoms with E-state index in [-0.39, 0.29) is 0 Å². The van der Waals surface area contributed by atoms with Gasteiger partial charge in [-0.05, 0) is 17.8 Å². The van der Waals surface area contributed by atoms with Gasteiger partial charge in [0.25, 0.3) is 0 Å². The van der Waals surface area contributed by atoms with Gasteiger partial charge in [0.05, 0.1) is 0 Å². The minimum absolute atomic E-state index is 0.948. The van der Waals surface area contributed by atoms with Crippen LogP contribution in [0.3, 0.4) is 0 Å². The molecule has 0 saturated carbocycles. The zero-order valence-electron chi connectivity index (χ0n) is 31.5. The second-order valence-electron chi connectivity index (χ2n) is 15.6.